The van der Waals surface area contributed by atoms with Gasteiger partial charge in [0.15, 0.2) is 0 Å². The molecule has 3 nitrogen and oxygen atoms in total. The molecule has 0 bridgehead atoms. The minimum atomic E-state index is -0.379. The Morgan fingerprint density at radius 3 is 1.27 bits per heavy atom. The van der Waals surface area contributed by atoms with Crippen LogP contribution in [0.2, 0.25) is 0 Å². The second kappa shape index (κ2) is 4.70. The van der Waals surface area contributed by atoms with Gasteiger partial charge in [0.1, 0.15) is 0 Å². The van der Waals surface area contributed by atoms with E-state index in [0.29, 0.717) is 0 Å². The van der Waals surface area contributed by atoms with Crippen LogP contribution in [0.25, 0.3) is 0 Å². The van der Waals surface area contributed by atoms with Gasteiger partial charge in [-0.05, 0) is 27.7 Å². The monoisotopic (exact) mass is 161 g/mol. The van der Waals surface area contributed by atoms with Crippen LogP contribution in [0.15, 0.2) is 0 Å². The Morgan fingerprint density at radius 2 is 1.09 bits per heavy atom. The Morgan fingerprint density at radius 1 is 0.818 bits per heavy atom. The van der Waals surface area contributed by atoms with Crippen LogP contribution < -0.4 is 5.32 Å². The molecule has 0 amide bonds. The average Bonchev–Trinajstić information content (AvgIpc) is 1.87. The zero-order valence-corrected chi connectivity index (χ0v) is 7.70. The molecule has 0 radical (unpaired) electrons. The van der Waals surface area contributed by atoms with Gasteiger partial charge in [-0.2, -0.15) is 0 Å². The summed E-state index contributed by atoms with van der Waals surface area (Å²) in [5.41, 5.74) is 0. The molecule has 0 spiro atoms. The molecule has 0 rings (SSSR count). The fourth-order valence-electron chi connectivity index (χ4n) is 0.693. The van der Waals surface area contributed by atoms with Crippen molar-refractivity contribution in [3.63, 3.8) is 0 Å². The molecule has 0 unspecified atom stereocenters. The molecule has 11 heavy (non-hydrogen) atoms. The highest BCUT2D eigenvalue weighted by Crippen LogP contribution is 1.96. The van der Waals surface area contributed by atoms with Gasteiger partial charge < -0.3 is 15.5 Å². The van der Waals surface area contributed by atoms with Gasteiger partial charge in [-0.15, -0.1) is 0 Å². The third-order valence-corrected chi connectivity index (χ3v) is 1.97. The first-order valence-electron chi connectivity index (χ1n) is 4.07. The van der Waals surface area contributed by atoms with Crippen LogP contribution in [0.1, 0.15) is 27.7 Å². The minimum Gasteiger partial charge on any atom is -0.392 e. The van der Waals surface area contributed by atoms with Crippen LogP contribution in [0, 0.1) is 0 Å². The molecule has 0 aromatic heterocycles. The number of aliphatic hydroxyl groups excluding tert-OH is 2. The van der Waals surface area contributed by atoms with Gasteiger partial charge in [-0.1, -0.05) is 0 Å². The molecule has 0 heterocycles. The molecule has 0 aliphatic heterocycles. The van der Waals surface area contributed by atoms with Crippen molar-refractivity contribution in [2.45, 2.75) is 52.0 Å². The van der Waals surface area contributed by atoms with E-state index in [2.05, 4.69) is 5.32 Å². The first-order chi connectivity index (χ1) is 4.95. The fourth-order valence-corrected chi connectivity index (χ4v) is 0.693. The van der Waals surface area contributed by atoms with E-state index in [0.717, 1.165) is 0 Å². The molecule has 3 N–H and O–H groups in total. The third kappa shape index (κ3) is 4.35. The van der Waals surface area contributed by atoms with E-state index in [4.69, 9.17) is 10.2 Å². The maximum Gasteiger partial charge on any atom is 0.0662 e. The van der Waals surface area contributed by atoms with Gasteiger partial charge in [0.05, 0.1) is 12.2 Å². The molecule has 0 aliphatic rings. The van der Waals surface area contributed by atoms with E-state index >= 15 is 0 Å². The Bertz CT molecular complexity index is 92.3. The zero-order valence-electron chi connectivity index (χ0n) is 7.70. The van der Waals surface area contributed by atoms with Crippen molar-refractivity contribution in [2.24, 2.45) is 0 Å². The van der Waals surface area contributed by atoms with Gasteiger partial charge in [-0.25, -0.2) is 0 Å². The van der Waals surface area contributed by atoms with Crippen LogP contribution in [-0.4, -0.2) is 34.5 Å². The van der Waals surface area contributed by atoms with Crippen molar-refractivity contribution >= 4 is 0 Å². The maximum absolute atomic E-state index is 9.11. The summed E-state index contributed by atoms with van der Waals surface area (Å²) < 4.78 is 0. The third-order valence-electron chi connectivity index (χ3n) is 1.97. The molecule has 3 heteroatoms. The summed E-state index contributed by atoms with van der Waals surface area (Å²) in [5, 5.41) is 21.3. The summed E-state index contributed by atoms with van der Waals surface area (Å²) in [6.07, 6.45) is -0.757. The lowest BCUT2D eigenvalue weighted by molar-refractivity contribution is 0.109. The standard InChI is InChI=1S/C8H19NO2/c1-5(7(3)10)9-6(2)8(4)11/h5-11H,1-4H3/t5-,6+,7-,8-/m1/s1. The summed E-state index contributed by atoms with van der Waals surface area (Å²) in [6, 6.07) is 0.0548. The van der Waals surface area contributed by atoms with Crippen molar-refractivity contribution in [3.8, 4) is 0 Å². The van der Waals surface area contributed by atoms with Gasteiger partial charge in [0.2, 0.25) is 0 Å². The zero-order chi connectivity index (χ0) is 9.02. The second-order valence-corrected chi connectivity index (χ2v) is 3.23. The van der Waals surface area contributed by atoms with Gasteiger partial charge in [-0.3, -0.25) is 0 Å². The number of aliphatic hydroxyl groups is 2. The van der Waals surface area contributed by atoms with Gasteiger partial charge >= 0.3 is 0 Å². The van der Waals surface area contributed by atoms with Crippen molar-refractivity contribution in [3.05, 3.63) is 0 Å². The van der Waals surface area contributed by atoms with Crippen molar-refractivity contribution < 1.29 is 10.2 Å². The van der Waals surface area contributed by atoms with E-state index in [9.17, 15) is 0 Å². The number of hydrogen-bond donors (Lipinski definition) is 3. The molecule has 0 aliphatic carbocycles. The highest BCUT2D eigenvalue weighted by molar-refractivity contribution is 4.74. The predicted molar refractivity (Wildman–Crippen MR) is 45.4 cm³/mol. The molecular weight excluding hydrogens is 142 g/mol. The largest absolute Gasteiger partial charge is 0.392 e. The van der Waals surface area contributed by atoms with E-state index in [-0.39, 0.29) is 24.3 Å². The molecule has 0 fully saturated rings. The highest BCUT2D eigenvalue weighted by Gasteiger charge is 2.14. The Balaban J connectivity index is 3.66. The summed E-state index contributed by atoms with van der Waals surface area (Å²) in [6.45, 7) is 7.24. The fraction of sp³-hybridized carbons (Fsp3) is 1.00. The predicted octanol–water partition coefficient (Wildman–Crippen LogP) is 0.115. The van der Waals surface area contributed by atoms with E-state index < -0.39 is 0 Å². The first-order valence-corrected chi connectivity index (χ1v) is 4.07. The second-order valence-electron chi connectivity index (χ2n) is 3.23. The van der Waals surface area contributed by atoms with Gasteiger partial charge in [0, 0.05) is 12.1 Å². The molecule has 0 aromatic rings. The van der Waals surface area contributed by atoms with Crippen LogP contribution in [0.3, 0.4) is 0 Å². The van der Waals surface area contributed by atoms with Crippen LogP contribution in [0.5, 0.6) is 0 Å². The van der Waals surface area contributed by atoms with Crippen molar-refractivity contribution in [2.75, 3.05) is 0 Å². The summed E-state index contributed by atoms with van der Waals surface area (Å²) in [5.74, 6) is 0. The summed E-state index contributed by atoms with van der Waals surface area (Å²) in [7, 11) is 0. The average molecular weight is 161 g/mol. The number of hydrogen-bond acceptors (Lipinski definition) is 3. The van der Waals surface area contributed by atoms with Gasteiger partial charge in [0.25, 0.3) is 0 Å². The molecule has 0 saturated carbocycles. The van der Waals surface area contributed by atoms with E-state index in [1.807, 2.05) is 13.8 Å². The lowest BCUT2D eigenvalue weighted by Gasteiger charge is -2.23. The quantitative estimate of drug-likeness (QED) is 0.548. The van der Waals surface area contributed by atoms with Crippen molar-refractivity contribution in [1.82, 2.24) is 5.32 Å². The molecule has 68 valence electrons. The topological polar surface area (TPSA) is 52.5 Å². The first kappa shape index (κ1) is 10.9. The van der Waals surface area contributed by atoms with E-state index in [1.165, 1.54) is 0 Å². The van der Waals surface area contributed by atoms with Crippen LogP contribution >= 0.6 is 0 Å². The Hall–Kier alpha value is -0.120. The molecular formula is C8H19NO2. The maximum atomic E-state index is 9.11. The number of nitrogens with one attached hydrogen (secondary N) is 1. The van der Waals surface area contributed by atoms with E-state index in [1.54, 1.807) is 13.8 Å². The van der Waals surface area contributed by atoms with Crippen LogP contribution in [-0.2, 0) is 0 Å². The Labute approximate surface area is 68.4 Å². The highest BCUT2D eigenvalue weighted by atomic mass is 16.3. The lowest BCUT2D eigenvalue weighted by atomic mass is 10.1. The smallest absolute Gasteiger partial charge is 0.0662 e. The number of rotatable bonds is 4. The van der Waals surface area contributed by atoms with Crippen LogP contribution in [0.4, 0.5) is 0 Å². The Kier molecular flexibility index (Phi) is 4.65. The molecule has 0 aromatic carbocycles. The summed E-state index contributed by atoms with van der Waals surface area (Å²) in [4.78, 5) is 0. The normalized spacial score (nSPS) is 22.4. The lowest BCUT2D eigenvalue weighted by Crippen LogP contribution is -2.45. The molecule has 4 atom stereocenters. The minimum absolute atomic E-state index is 0.0274. The molecule has 0 saturated heterocycles. The summed E-state index contributed by atoms with van der Waals surface area (Å²) >= 11 is 0. The SMILES string of the molecule is C[C@H](N[C@H](C)[C@@H](C)O)[C@@H](C)O. The van der Waals surface area contributed by atoms with Crippen molar-refractivity contribution in [1.29, 1.82) is 0 Å².